The van der Waals surface area contributed by atoms with E-state index in [4.69, 9.17) is 4.74 Å². The highest BCUT2D eigenvalue weighted by molar-refractivity contribution is 5.94. The van der Waals surface area contributed by atoms with Gasteiger partial charge in [0.1, 0.15) is 0 Å². The number of hydrogen-bond donors (Lipinski definition) is 2. The topological polar surface area (TPSA) is 50.4 Å². The molecule has 1 atom stereocenters. The van der Waals surface area contributed by atoms with Crippen LogP contribution < -0.4 is 10.6 Å². The van der Waals surface area contributed by atoms with Crippen LogP contribution in [0.1, 0.15) is 41.8 Å². The molecular formula is C16H22N2O2. The molecule has 2 aliphatic rings. The van der Waals surface area contributed by atoms with Crippen LogP contribution in [-0.4, -0.2) is 25.0 Å². The molecule has 0 saturated carbocycles. The molecule has 1 saturated heterocycles. The van der Waals surface area contributed by atoms with Gasteiger partial charge >= 0.3 is 0 Å². The van der Waals surface area contributed by atoms with Crippen molar-refractivity contribution in [1.82, 2.24) is 10.6 Å². The monoisotopic (exact) mass is 274 g/mol. The van der Waals surface area contributed by atoms with Crippen LogP contribution in [0.15, 0.2) is 18.2 Å². The number of fused-ring (bicyclic) bond motifs is 1. The number of carbonyl (C=O) groups excluding carboxylic acids is 1. The molecule has 2 aliphatic heterocycles. The molecule has 1 fully saturated rings. The van der Waals surface area contributed by atoms with Gasteiger partial charge in [-0.05, 0) is 41.6 Å². The first-order valence-corrected chi connectivity index (χ1v) is 7.27. The van der Waals surface area contributed by atoms with Crippen LogP contribution in [0.3, 0.4) is 0 Å². The minimum absolute atomic E-state index is 0.0275. The summed E-state index contributed by atoms with van der Waals surface area (Å²) in [4.78, 5) is 12.4. The van der Waals surface area contributed by atoms with Gasteiger partial charge in [-0.1, -0.05) is 19.9 Å². The van der Waals surface area contributed by atoms with Crippen molar-refractivity contribution < 1.29 is 9.53 Å². The Balaban J connectivity index is 1.73. The van der Waals surface area contributed by atoms with Crippen molar-refractivity contribution in [3.8, 4) is 0 Å². The van der Waals surface area contributed by atoms with Gasteiger partial charge in [0.2, 0.25) is 0 Å². The minimum Gasteiger partial charge on any atom is -0.372 e. The number of amides is 1. The zero-order valence-electron chi connectivity index (χ0n) is 12.2. The molecule has 2 heterocycles. The van der Waals surface area contributed by atoms with Crippen LogP contribution in [0.25, 0.3) is 0 Å². The third-order valence-electron chi connectivity index (χ3n) is 4.42. The molecule has 0 aliphatic carbocycles. The normalized spacial score (nSPS) is 24.2. The molecule has 0 spiro atoms. The molecule has 4 nitrogen and oxygen atoms in total. The number of nitrogens with one attached hydrogen (secondary N) is 2. The lowest BCUT2D eigenvalue weighted by Gasteiger charge is -2.39. The van der Waals surface area contributed by atoms with Gasteiger partial charge < -0.3 is 15.4 Å². The molecule has 20 heavy (non-hydrogen) atoms. The van der Waals surface area contributed by atoms with Gasteiger partial charge in [-0.3, -0.25) is 4.79 Å². The predicted molar refractivity (Wildman–Crippen MR) is 77.5 cm³/mol. The first-order chi connectivity index (χ1) is 9.56. The summed E-state index contributed by atoms with van der Waals surface area (Å²) in [6, 6.07) is 6.09. The van der Waals surface area contributed by atoms with Crippen LogP contribution in [0.2, 0.25) is 0 Å². The summed E-state index contributed by atoms with van der Waals surface area (Å²) < 4.78 is 5.39. The second-order valence-corrected chi connectivity index (χ2v) is 6.46. The standard InChI is InChI=1S/C16H22N2O2/c1-16(2)10-17-6-5-14(16)18-15(19)11-3-4-12-8-20-9-13(12)7-11/h3-4,7,14,17H,5-6,8-10H2,1-2H3,(H,18,19). The van der Waals surface area contributed by atoms with Crippen LogP contribution in [-0.2, 0) is 18.0 Å². The molecular weight excluding hydrogens is 252 g/mol. The zero-order chi connectivity index (χ0) is 14.2. The molecule has 1 aromatic rings. The first-order valence-electron chi connectivity index (χ1n) is 7.27. The van der Waals surface area contributed by atoms with Crippen molar-refractivity contribution in [2.24, 2.45) is 5.41 Å². The lowest BCUT2D eigenvalue weighted by Crippen LogP contribution is -2.54. The number of carbonyl (C=O) groups is 1. The van der Waals surface area contributed by atoms with Crippen molar-refractivity contribution in [2.45, 2.75) is 39.5 Å². The highest BCUT2D eigenvalue weighted by atomic mass is 16.5. The number of piperidine rings is 1. The maximum Gasteiger partial charge on any atom is 0.251 e. The molecule has 1 unspecified atom stereocenters. The van der Waals surface area contributed by atoms with Gasteiger partial charge in [0.15, 0.2) is 0 Å². The third kappa shape index (κ3) is 2.58. The number of ether oxygens (including phenoxy) is 1. The van der Waals surface area contributed by atoms with Gasteiger partial charge in [0.25, 0.3) is 5.91 Å². The smallest absolute Gasteiger partial charge is 0.251 e. The quantitative estimate of drug-likeness (QED) is 0.865. The van der Waals surface area contributed by atoms with E-state index in [-0.39, 0.29) is 17.4 Å². The highest BCUT2D eigenvalue weighted by Crippen LogP contribution is 2.26. The van der Waals surface area contributed by atoms with E-state index in [9.17, 15) is 4.79 Å². The predicted octanol–water partition coefficient (Wildman–Crippen LogP) is 1.83. The molecule has 108 valence electrons. The largest absolute Gasteiger partial charge is 0.372 e. The van der Waals surface area contributed by atoms with Gasteiger partial charge in [-0.15, -0.1) is 0 Å². The Hall–Kier alpha value is -1.39. The highest BCUT2D eigenvalue weighted by Gasteiger charge is 2.33. The molecule has 0 radical (unpaired) electrons. The van der Waals surface area contributed by atoms with E-state index in [2.05, 4.69) is 24.5 Å². The molecule has 4 heteroatoms. The third-order valence-corrected chi connectivity index (χ3v) is 4.42. The van der Waals surface area contributed by atoms with E-state index < -0.39 is 0 Å². The summed E-state index contributed by atoms with van der Waals surface area (Å²) in [6.07, 6.45) is 0.979. The Bertz CT molecular complexity index is 525. The Kier molecular flexibility index (Phi) is 3.52. The molecule has 0 aromatic heterocycles. The van der Waals surface area contributed by atoms with E-state index in [0.29, 0.717) is 13.2 Å². The van der Waals surface area contributed by atoms with E-state index in [0.717, 1.165) is 30.6 Å². The van der Waals surface area contributed by atoms with E-state index in [1.165, 1.54) is 5.56 Å². The van der Waals surface area contributed by atoms with Gasteiger partial charge in [-0.25, -0.2) is 0 Å². The Morgan fingerprint density at radius 3 is 2.95 bits per heavy atom. The average Bonchev–Trinajstić information content (AvgIpc) is 2.88. The molecule has 1 amide bonds. The van der Waals surface area contributed by atoms with Crippen molar-refractivity contribution in [2.75, 3.05) is 13.1 Å². The second-order valence-electron chi connectivity index (χ2n) is 6.46. The number of hydrogen-bond acceptors (Lipinski definition) is 3. The summed E-state index contributed by atoms with van der Waals surface area (Å²) in [6.45, 7) is 7.58. The summed E-state index contributed by atoms with van der Waals surface area (Å²) >= 11 is 0. The van der Waals surface area contributed by atoms with Crippen LogP contribution in [0, 0.1) is 5.41 Å². The fourth-order valence-electron chi connectivity index (χ4n) is 2.99. The summed E-state index contributed by atoms with van der Waals surface area (Å²) in [5.41, 5.74) is 3.17. The lowest BCUT2D eigenvalue weighted by molar-refractivity contribution is 0.0868. The maximum absolute atomic E-state index is 12.4. The SMILES string of the molecule is CC1(C)CNCCC1NC(=O)c1ccc2c(c1)COC2. The maximum atomic E-state index is 12.4. The van der Waals surface area contributed by atoms with Gasteiger partial charge in [-0.2, -0.15) is 0 Å². The minimum atomic E-state index is 0.0275. The summed E-state index contributed by atoms with van der Waals surface area (Å²) in [7, 11) is 0. The number of benzene rings is 1. The summed E-state index contributed by atoms with van der Waals surface area (Å²) in [5, 5.41) is 6.58. The second kappa shape index (κ2) is 5.19. The van der Waals surface area contributed by atoms with Crippen LogP contribution in [0.5, 0.6) is 0 Å². The summed E-state index contributed by atoms with van der Waals surface area (Å²) in [5.74, 6) is 0.0275. The Labute approximate surface area is 119 Å². The molecule has 2 N–H and O–H groups in total. The van der Waals surface area contributed by atoms with Crippen molar-refractivity contribution in [1.29, 1.82) is 0 Å². The van der Waals surface area contributed by atoms with Crippen molar-refractivity contribution in [3.63, 3.8) is 0 Å². The van der Waals surface area contributed by atoms with Gasteiger partial charge in [0.05, 0.1) is 13.2 Å². The van der Waals surface area contributed by atoms with Crippen LogP contribution >= 0.6 is 0 Å². The molecule has 3 rings (SSSR count). The van der Waals surface area contributed by atoms with Crippen molar-refractivity contribution >= 4 is 5.91 Å². The zero-order valence-corrected chi connectivity index (χ0v) is 12.2. The molecule has 0 bridgehead atoms. The lowest BCUT2D eigenvalue weighted by atomic mass is 9.80. The van der Waals surface area contributed by atoms with E-state index >= 15 is 0 Å². The van der Waals surface area contributed by atoms with E-state index in [1.54, 1.807) is 0 Å². The Morgan fingerprint density at radius 1 is 1.35 bits per heavy atom. The first kappa shape index (κ1) is 13.6. The Morgan fingerprint density at radius 2 is 2.15 bits per heavy atom. The van der Waals surface area contributed by atoms with Crippen molar-refractivity contribution in [3.05, 3.63) is 34.9 Å². The van der Waals surface area contributed by atoms with Gasteiger partial charge in [0, 0.05) is 18.2 Å². The molecule has 1 aromatic carbocycles. The number of rotatable bonds is 2. The fourth-order valence-corrected chi connectivity index (χ4v) is 2.99. The van der Waals surface area contributed by atoms with Crippen LogP contribution in [0.4, 0.5) is 0 Å². The van der Waals surface area contributed by atoms with E-state index in [1.807, 2.05) is 18.2 Å². The average molecular weight is 274 g/mol. The fraction of sp³-hybridized carbons (Fsp3) is 0.562.